The van der Waals surface area contributed by atoms with Crippen LogP contribution >= 0.6 is 0 Å². The molecule has 0 spiro atoms. The third-order valence-electron chi connectivity index (χ3n) is 3.63. The molecule has 2 heterocycles. The van der Waals surface area contributed by atoms with Crippen LogP contribution in [0, 0.1) is 5.92 Å². The smallest absolute Gasteiger partial charge is 0.318 e. The molecule has 1 saturated heterocycles. The SMILES string of the molecule is CCCNC(C)c1nnc(N2CCC(O)C(C)C2)o1. The fourth-order valence-corrected chi connectivity index (χ4v) is 2.28. The summed E-state index contributed by atoms with van der Waals surface area (Å²) in [5.41, 5.74) is 0. The van der Waals surface area contributed by atoms with Crippen LogP contribution in [0.5, 0.6) is 0 Å². The van der Waals surface area contributed by atoms with Gasteiger partial charge in [-0.05, 0) is 32.2 Å². The summed E-state index contributed by atoms with van der Waals surface area (Å²) in [5, 5.41) is 21.3. The van der Waals surface area contributed by atoms with E-state index in [0.29, 0.717) is 11.9 Å². The Morgan fingerprint density at radius 3 is 3.00 bits per heavy atom. The minimum Gasteiger partial charge on any atom is -0.406 e. The number of rotatable bonds is 5. The van der Waals surface area contributed by atoms with Gasteiger partial charge in [0.1, 0.15) is 0 Å². The summed E-state index contributed by atoms with van der Waals surface area (Å²) in [7, 11) is 0. The molecular formula is C13H24N4O2. The summed E-state index contributed by atoms with van der Waals surface area (Å²) in [5.74, 6) is 0.863. The number of nitrogens with zero attached hydrogens (tertiary/aromatic N) is 3. The maximum atomic E-state index is 9.73. The van der Waals surface area contributed by atoms with Gasteiger partial charge in [-0.3, -0.25) is 0 Å². The highest BCUT2D eigenvalue weighted by atomic mass is 16.4. The molecule has 3 unspecified atom stereocenters. The van der Waals surface area contributed by atoms with Crippen LogP contribution in [0.25, 0.3) is 0 Å². The van der Waals surface area contributed by atoms with Crippen molar-refractivity contribution in [1.82, 2.24) is 15.5 Å². The van der Waals surface area contributed by atoms with Crippen molar-refractivity contribution >= 4 is 6.01 Å². The van der Waals surface area contributed by atoms with Gasteiger partial charge in [-0.1, -0.05) is 18.9 Å². The molecule has 2 rings (SSSR count). The molecule has 19 heavy (non-hydrogen) atoms. The predicted octanol–water partition coefficient (Wildman–Crippen LogP) is 1.34. The molecule has 2 N–H and O–H groups in total. The Kier molecular flexibility index (Phi) is 4.76. The van der Waals surface area contributed by atoms with Crippen molar-refractivity contribution < 1.29 is 9.52 Å². The van der Waals surface area contributed by atoms with E-state index in [-0.39, 0.29) is 18.1 Å². The van der Waals surface area contributed by atoms with Crippen LogP contribution in [-0.4, -0.2) is 41.0 Å². The Morgan fingerprint density at radius 1 is 1.53 bits per heavy atom. The number of hydrogen-bond donors (Lipinski definition) is 2. The zero-order chi connectivity index (χ0) is 13.8. The van der Waals surface area contributed by atoms with E-state index in [9.17, 15) is 5.11 Å². The van der Waals surface area contributed by atoms with E-state index in [1.807, 2.05) is 13.8 Å². The van der Waals surface area contributed by atoms with Crippen LogP contribution in [0.3, 0.4) is 0 Å². The highest BCUT2D eigenvalue weighted by Crippen LogP contribution is 2.23. The van der Waals surface area contributed by atoms with Crippen LogP contribution in [0.4, 0.5) is 6.01 Å². The summed E-state index contributed by atoms with van der Waals surface area (Å²) in [6.07, 6.45) is 1.61. The second-order valence-electron chi connectivity index (χ2n) is 5.38. The lowest BCUT2D eigenvalue weighted by Crippen LogP contribution is -2.42. The first-order chi connectivity index (χ1) is 9.11. The molecule has 0 amide bonds. The van der Waals surface area contributed by atoms with Crippen molar-refractivity contribution in [2.24, 2.45) is 5.92 Å². The Bertz CT molecular complexity index is 396. The summed E-state index contributed by atoms with van der Waals surface area (Å²) in [4.78, 5) is 2.06. The van der Waals surface area contributed by atoms with Crippen LogP contribution in [0.1, 0.15) is 45.5 Å². The molecule has 0 aromatic carbocycles. The summed E-state index contributed by atoms with van der Waals surface area (Å²) in [6, 6.07) is 0.646. The van der Waals surface area contributed by atoms with E-state index < -0.39 is 0 Å². The average Bonchev–Trinajstić information content (AvgIpc) is 2.89. The number of aliphatic hydroxyl groups is 1. The standard InChI is InChI=1S/C13H24N4O2/c1-4-6-14-10(3)12-15-16-13(19-12)17-7-5-11(18)9(2)8-17/h9-11,14,18H,4-8H2,1-3H3. The second-order valence-corrected chi connectivity index (χ2v) is 5.38. The molecule has 1 aromatic heterocycles. The van der Waals surface area contributed by atoms with Gasteiger partial charge in [0.05, 0.1) is 12.1 Å². The number of anilines is 1. The van der Waals surface area contributed by atoms with E-state index in [0.717, 1.165) is 32.5 Å². The molecule has 1 aliphatic rings. The van der Waals surface area contributed by atoms with Gasteiger partial charge >= 0.3 is 6.01 Å². The molecule has 6 nitrogen and oxygen atoms in total. The molecule has 0 radical (unpaired) electrons. The Balaban J connectivity index is 1.97. The molecule has 0 saturated carbocycles. The summed E-state index contributed by atoms with van der Waals surface area (Å²) >= 11 is 0. The molecule has 0 aliphatic carbocycles. The van der Waals surface area contributed by atoms with Gasteiger partial charge in [-0.2, -0.15) is 0 Å². The molecule has 0 bridgehead atoms. The predicted molar refractivity (Wildman–Crippen MR) is 73.0 cm³/mol. The number of hydrogen-bond acceptors (Lipinski definition) is 6. The van der Waals surface area contributed by atoms with Gasteiger partial charge in [0, 0.05) is 13.1 Å². The first-order valence-corrected chi connectivity index (χ1v) is 7.11. The van der Waals surface area contributed by atoms with E-state index >= 15 is 0 Å². The highest BCUT2D eigenvalue weighted by molar-refractivity contribution is 5.25. The topological polar surface area (TPSA) is 74.4 Å². The maximum Gasteiger partial charge on any atom is 0.318 e. The molecular weight excluding hydrogens is 244 g/mol. The lowest BCUT2D eigenvalue weighted by Gasteiger charge is -2.32. The Labute approximate surface area is 114 Å². The van der Waals surface area contributed by atoms with Crippen LogP contribution in [0.15, 0.2) is 4.42 Å². The Hall–Kier alpha value is -1.14. The van der Waals surface area contributed by atoms with E-state index in [1.165, 1.54) is 0 Å². The quantitative estimate of drug-likeness (QED) is 0.839. The van der Waals surface area contributed by atoms with Gasteiger partial charge in [0.15, 0.2) is 0 Å². The van der Waals surface area contributed by atoms with Gasteiger partial charge in [-0.15, -0.1) is 5.10 Å². The zero-order valence-electron chi connectivity index (χ0n) is 12.0. The van der Waals surface area contributed by atoms with Crippen LogP contribution in [0.2, 0.25) is 0 Å². The average molecular weight is 268 g/mol. The fraction of sp³-hybridized carbons (Fsp3) is 0.846. The van der Waals surface area contributed by atoms with Crippen molar-refractivity contribution in [1.29, 1.82) is 0 Å². The number of piperidine rings is 1. The van der Waals surface area contributed by atoms with Crippen molar-refractivity contribution in [2.75, 3.05) is 24.5 Å². The highest BCUT2D eigenvalue weighted by Gasteiger charge is 2.27. The third-order valence-corrected chi connectivity index (χ3v) is 3.63. The van der Waals surface area contributed by atoms with Crippen molar-refractivity contribution in [3.05, 3.63) is 5.89 Å². The van der Waals surface area contributed by atoms with Crippen molar-refractivity contribution in [3.63, 3.8) is 0 Å². The molecule has 6 heteroatoms. The van der Waals surface area contributed by atoms with Crippen LogP contribution < -0.4 is 10.2 Å². The minimum atomic E-state index is -0.219. The number of aliphatic hydroxyl groups excluding tert-OH is 1. The largest absolute Gasteiger partial charge is 0.406 e. The zero-order valence-corrected chi connectivity index (χ0v) is 12.0. The van der Waals surface area contributed by atoms with Gasteiger partial charge < -0.3 is 19.7 Å². The maximum absolute atomic E-state index is 9.73. The second kappa shape index (κ2) is 6.34. The summed E-state index contributed by atoms with van der Waals surface area (Å²) < 4.78 is 5.73. The fourth-order valence-electron chi connectivity index (χ4n) is 2.28. The molecule has 1 aliphatic heterocycles. The molecule has 3 atom stereocenters. The lowest BCUT2D eigenvalue weighted by molar-refractivity contribution is 0.0955. The minimum absolute atomic E-state index is 0.0778. The van der Waals surface area contributed by atoms with Crippen LogP contribution in [-0.2, 0) is 0 Å². The molecule has 1 aromatic rings. The molecule has 1 fully saturated rings. The van der Waals surface area contributed by atoms with Crippen molar-refractivity contribution in [2.45, 2.75) is 45.8 Å². The molecule has 108 valence electrons. The Morgan fingerprint density at radius 2 is 2.32 bits per heavy atom. The van der Waals surface area contributed by atoms with Gasteiger partial charge in [0.25, 0.3) is 0 Å². The monoisotopic (exact) mass is 268 g/mol. The first kappa shape index (κ1) is 14.3. The summed E-state index contributed by atoms with van der Waals surface area (Å²) in [6.45, 7) is 8.66. The third kappa shape index (κ3) is 3.45. The normalized spacial score (nSPS) is 25.6. The van der Waals surface area contributed by atoms with E-state index in [1.54, 1.807) is 0 Å². The lowest BCUT2D eigenvalue weighted by atomic mass is 9.97. The van der Waals surface area contributed by atoms with E-state index in [2.05, 4.69) is 27.3 Å². The van der Waals surface area contributed by atoms with Gasteiger partial charge in [0.2, 0.25) is 5.89 Å². The van der Waals surface area contributed by atoms with Gasteiger partial charge in [-0.25, -0.2) is 0 Å². The van der Waals surface area contributed by atoms with E-state index in [4.69, 9.17) is 4.42 Å². The number of nitrogens with one attached hydrogen (secondary N) is 1. The first-order valence-electron chi connectivity index (χ1n) is 7.11. The number of aromatic nitrogens is 2. The van der Waals surface area contributed by atoms with Crippen molar-refractivity contribution in [3.8, 4) is 0 Å².